The molecule has 0 atom stereocenters. The fourth-order valence-electron chi connectivity index (χ4n) is 1.62. The lowest BCUT2D eigenvalue weighted by Gasteiger charge is -2.21. The van der Waals surface area contributed by atoms with Gasteiger partial charge in [0, 0.05) is 13.1 Å². The molecule has 0 unspecified atom stereocenters. The fourth-order valence-corrected chi connectivity index (χ4v) is 1.77. The first-order valence-electron chi connectivity index (χ1n) is 6.62. The van der Waals surface area contributed by atoms with Crippen molar-refractivity contribution in [2.75, 3.05) is 19.6 Å². The molecule has 0 spiro atoms. The molecule has 1 aromatic rings. The molecule has 0 aromatic carbocycles. The van der Waals surface area contributed by atoms with Crippen LogP contribution in [0, 0.1) is 0 Å². The van der Waals surface area contributed by atoms with Gasteiger partial charge in [-0.25, -0.2) is 4.98 Å². The molecule has 0 saturated heterocycles. The van der Waals surface area contributed by atoms with E-state index in [2.05, 4.69) is 15.3 Å². The summed E-state index contributed by atoms with van der Waals surface area (Å²) in [6.07, 6.45) is 4.31. The van der Waals surface area contributed by atoms with Gasteiger partial charge in [-0.2, -0.15) is 0 Å². The predicted molar refractivity (Wildman–Crippen MR) is 76.5 cm³/mol. The van der Waals surface area contributed by atoms with Crippen LogP contribution in [0.25, 0.3) is 0 Å². The average Bonchev–Trinajstić information content (AvgIpc) is 2.44. The van der Waals surface area contributed by atoms with Crippen LogP contribution in [-0.2, 0) is 4.79 Å². The topological polar surface area (TPSA) is 75.2 Å². The van der Waals surface area contributed by atoms with Crippen LogP contribution in [0.15, 0.2) is 12.4 Å². The van der Waals surface area contributed by atoms with E-state index in [0.29, 0.717) is 13.1 Å². The van der Waals surface area contributed by atoms with Gasteiger partial charge >= 0.3 is 0 Å². The van der Waals surface area contributed by atoms with Crippen molar-refractivity contribution in [3.63, 3.8) is 0 Å². The average molecular weight is 299 g/mol. The third-order valence-corrected chi connectivity index (χ3v) is 2.69. The van der Waals surface area contributed by atoms with Gasteiger partial charge in [0.05, 0.1) is 18.9 Å². The smallest absolute Gasteiger partial charge is 0.274 e. The minimum Gasteiger partial charge on any atom is -0.355 e. The van der Waals surface area contributed by atoms with E-state index >= 15 is 0 Å². The third kappa shape index (κ3) is 5.13. The van der Waals surface area contributed by atoms with E-state index in [1.54, 1.807) is 0 Å². The molecular weight excluding hydrogens is 280 g/mol. The Morgan fingerprint density at radius 1 is 1.30 bits per heavy atom. The van der Waals surface area contributed by atoms with Crippen molar-refractivity contribution in [2.24, 2.45) is 0 Å². The number of carbonyl (C=O) groups excluding carboxylic acids is 2. The molecule has 0 aliphatic rings. The van der Waals surface area contributed by atoms with Gasteiger partial charge in [0.15, 0.2) is 0 Å². The Morgan fingerprint density at radius 3 is 2.65 bits per heavy atom. The largest absolute Gasteiger partial charge is 0.355 e. The zero-order valence-electron chi connectivity index (χ0n) is 11.7. The second-order valence-corrected chi connectivity index (χ2v) is 4.69. The van der Waals surface area contributed by atoms with Crippen LogP contribution in [0.3, 0.4) is 0 Å². The Balaban J connectivity index is 2.74. The monoisotopic (exact) mass is 298 g/mol. The van der Waals surface area contributed by atoms with Crippen molar-refractivity contribution in [2.45, 2.75) is 26.7 Å². The van der Waals surface area contributed by atoms with Crippen LogP contribution >= 0.6 is 11.6 Å². The first-order valence-corrected chi connectivity index (χ1v) is 6.99. The van der Waals surface area contributed by atoms with Crippen LogP contribution in [0.1, 0.15) is 37.2 Å². The predicted octanol–water partition coefficient (Wildman–Crippen LogP) is 1.51. The lowest BCUT2D eigenvalue weighted by atomic mass is 10.3. The van der Waals surface area contributed by atoms with Gasteiger partial charge in [-0.15, -0.1) is 0 Å². The molecule has 110 valence electrons. The molecule has 6 nitrogen and oxygen atoms in total. The summed E-state index contributed by atoms with van der Waals surface area (Å²) in [5.41, 5.74) is 0.147. The number of hydrogen-bond acceptors (Lipinski definition) is 4. The Morgan fingerprint density at radius 2 is 2.05 bits per heavy atom. The second-order valence-electron chi connectivity index (χ2n) is 4.30. The molecule has 1 N–H and O–H groups in total. The van der Waals surface area contributed by atoms with Crippen LogP contribution in [0.5, 0.6) is 0 Å². The summed E-state index contributed by atoms with van der Waals surface area (Å²) in [6, 6.07) is 0. The van der Waals surface area contributed by atoms with Gasteiger partial charge in [0.2, 0.25) is 5.91 Å². The molecule has 0 saturated carbocycles. The highest BCUT2D eigenvalue weighted by Gasteiger charge is 2.19. The van der Waals surface area contributed by atoms with Crippen molar-refractivity contribution in [3.8, 4) is 0 Å². The molecule has 7 heteroatoms. The maximum absolute atomic E-state index is 12.3. The fraction of sp³-hybridized carbons (Fsp3) is 0.538. The van der Waals surface area contributed by atoms with Crippen molar-refractivity contribution in [3.05, 3.63) is 23.2 Å². The van der Waals surface area contributed by atoms with E-state index < -0.39 is 0 Å². The molecule has 1 rings (SSSR count). The third-order valence-electron chi connectivity index (χ3n) is 2.51. The van der Waals surface area contributed by atoms with Gasteiger partial charge in [0.1, 0.15) is 10.8 Å². The van der Waals surface area contributed by atoms with E-state index in [1.807, 2.05) is 13.8 Å². The van der Waals surface area contributed by atoms with Crippen molar-refractivity contribution < 1.29 is 9.59 Å². The molecule has 2 amide bonds. The molecule has 0 aliphatic heterocycles. The number of nitrogens with zero attached hydrogens (tertiary/aromatic N) is 3. The number of hydrogen-bond donors (Lipinski definition) is 1. The summed E-state index contributed by atoms with van der Waals surface area (Å²) in [6.45, 7) is 5.00. The lowest BCUT2D eigenvalue weighted by molar-refractivity contribution is -0.121. The SMILES string of the molecule is CCCNC(=O)CN(CCC)C(=O)c1cncc(Cl)n1. The molecule has 1 heterocycles. The highest BCUT2D eigenvalue weighted by molar-refractivity contribution is 6.29. The zero-order chi connectivity index (χ0) is 15.0. The van der Waals surface area contributed by atoms with Gasteiger partial charge in [-0.3, -0.25) is 14.6 Å². The summed E-state index contributed by atoms with van der Waals surface area (Å²) in [7, 11) is 0. The van der Waals surface area contributed by atoms with E-state index in [1.165, 1.54) is 17.3 Å². The maximum Gasteiger partial charge on any atom is 0.274 e. The Hall–Kier alpha value is -1.69. The first-order chi connectivity index (χ1) is 9.58. The molecule has 1 aromatic heterocycles. The number of aromatic nitrogens is 2. The molecule has 0 aliphatic carbocycles. The van der Waals surface area contributed by atoms with Gasteiger partial charge in [0.25, 0.3) is 5.91 Å². The van der Waals surface area contributed by atoms with Crippen LogP contribution < -0.4 is 5.32 Å². The summed E-state index contributed by atoms with van der Waals surface area (Å²) in [5.74, 6) is -0.517. The number of carbonyl (C=O) groups is 2. The van der Waals surface area contributed by atoms with E-state index in [9.17, 15) is 9.59 Å². The second kappa shape index (κ2) is 8.47. The Bertz CT molecular complexity index is 467. The molecule has 20 heavy (non-hydrogen) atoms. The summed E-state index contributed by atoms with van der Waals surface area (Å²) in [5, 5.41) is 2.90. The highest BCUT2D eigenvalue weighted by Crippen LogP contribution is 2.06. The number of rotatable bonds is 7. The van der Waals surface area contributed by atoms with Crippen LogP contribution in [0.2, 0.25) is 5.15 Å². The lowest BCUT2D eigenvalue weighted by Crippen LogP contribution is -2.41. The normalized spacial score (nSPS) is 10.2. The van der Waals surface area contributed by atoms with Crippen LogP contribution in [0.4, 0.5) is 0 Å². The van der Waals surface area contributed by atoms with Crippen molar-refractivity contribution in [1.82, 2.24) is 20.2 Å². The van der Waals surface area contributed by atoms with E-state index in [0.717, 1.165) is 12.8 Å². The molecule has 0 bridgehead atoms. The molecule has 0 radical (unpaired) electrons. The van der Waals surface area contributed by atoms with Gasteiger partial charge in [-0.1, -0.05) is 25.4 Å². The summed E-state index contributed by atoms with van der Waals surface area (Å²) in [4.78, 5) is 33.2. The first kappa shape index (κ1) is 16.4. The highest BCUT2D eigenvalue weighted by atomic mass is 35.5. The van der Waals surface area contributed by atoms with Gasteiger partial charge < -0.3 is 10.2 Å². The van der Waals surface area contributed by atoms with Crippen molar-refractivity contribution >= 4 is 23.4 Å². The van der Waals surface area contributed by atoms with Crippen LogP contribution in [-0.4, -0.2) is 46.3 Å². The number of nitrogens with one attached hydrogen (secondary N) is 1. The quantitative estimate of drug-likeness (QED) is 0.828. The number of halogens is 1. The minimum absolute atomic E-state index is 0.0147. The zero-order valence-corrected chi connectivity index (χ0v) is 12.5. The maximum atomic E-state index is 12.3. The van der Waals surface area contributed by atoms with E-state index in [-0.39, 0.29) is 29.2 Å². The van der Waals surface area contributed by atoms with Gasteiger partial charge in [-0.05, 0) is 12.8 Å². The summed E-state index contributed by atoms with van der Waals surface area (Å²) >= 11 is 5.72. The Labute approximate surface area is 123 Å². The standard InChI is InChI=1S/C13H19ClN4O2/c1-3-5-16-12(19)9-18(6-4-2)13(20)10-7-15-8-11(14)17-10/h7-8H,3-6,9H2,1-2H3,(H,16,19). The molecular formula is C13H19ClN4O2. The summed E-state index contributed by atoms with van der Waals surface area (Å²) < 4.78 is 0. The minimum atomic E-state index is -0.339. The molecule has 0 fully saturated rings. The number of amides is 2. The van der Waals surface area contributed by atoms with Crippen molar-refractivity contribution in [1.29, 1.82) is 0 Å². The Kier molecular flexibility index (Phi) is 6.93. The van der Waals surface area contributed by atoms with E-state index in [4.69, 9.17) is 11.6 Å².